The lowest BCUT2D eigenvalue weighted by Gasteiger charge is -2.09. The number of carbonyl (C=O) groups is 2. The van der Waals surface area contributed by atoms with Crippen LogP contribution < -0.4 is 29.8 Å². The normalized spacial score (nSPS) is 12.9. The number of nitrogens with zero attached hydrogens (tertiary/aromatic N) is 4. The van der Waals surface area contributed by atoms with Crippen LogP contribution in [0.3, 0.4) is 0 Å². The van der Waals surface area contributed by atoms with Gasteiger partial charge in [0, 0.05) is 25.2 Å². The van der Waals surface area contributed by atoms with Crippen LogP contribution in [0.5, 0.6) is 23.0 Å². The van der Waals surface area contributed by atoms with E-state index in [1.807, 2.05) is 13.8 Å². The lowest BCUT2D eigenvalue weighted by molar-refractivity contribution is 0.0676. The molecule has 6 rings (SSSR count). The number of hydrogen-bond donors (Lipinski definition) is 2. The molecule has 0 saturated carbocycles. The SMILES string of the molecule is CCn1nc(C(=O)O)c(=O)c2cc3c(cc21)OCO3.CCn1nc(C(=O)O)c(=O)c2cc3c(cc21)OCO3. The maximum atomic E-state index is 12.1. The van der Waals surface area contributed by atoms with Gasteiger partial charge in [0.2, 0.25) is 35.8 Å². The number of aryl methyl sites for hydroxylation is 2. The van der Waals surface area contributed by atoms with E-state index >= 15 is 0 Å². The van der Waals surface area contributed by atoms with Gasteiger partial charge in [0.05, 0.1) is 21.8 Å². The van der Waals surface area contributed by atoms with Gasteiger partial charge in [-0.2, -0.15) is 10.2 Å². The van der Waals surface area contributed by atoms with Crippen LogP contribution >= 0.6 is 0 Å². The summed E-state index contributed by atoms with van der Waals surface area (Å²) in [5.74, 6) is -0.749. The first-order chi connectivity index (χ1) is 18.2. The van der Waals surface area contributed by atoms with Gasteiger partial charge in [0.15, 0.2) is 23.0 Å². The van der Waals surface area contributed by atoms with E-state index in [1.54, 1.807) is 12.1 Å². The molecule has 14 nitrogen and oxygen atoms in total. The zero-order chi connectivity index (χ0) is 27.1. The Bertz CT molecular complexity index is 1630. The molecule has 2 aromatic carbocycles. The van der Waals surface area contributed by atoms with Crippen molar-refractivity contribution in [3.05, 3.63) is 56.1 Å². The molecule has 2 aliphatic heterocycles. The summed E-state index contributed by atoms with van der Waals surface area (Å²) in [6.07, 6.45) is 0. The lowest BCUT2D eigenvalue weighted by atomic mass is 10.1. The van der Waals surface area contributed by atoms with Crippen molar-refractivity contribution >= 4 is 33.7 Å². The Morgan fingerprint density at radius 3 is 1.37 bits per heavy atom. The van der Waals surface area contributed by atoms with Gasteiger partial charge in [0.1, 0.15) is 0 Å². The van der Waals surface area contributed by atoms with E-state index in [0.29, 0.717) is 47.1 Å². The number of benzene rings is 2. The van der Waals surface area contributed by atoms with Crippen molar-refractivity contribution in [2.45, 2.75) is 26.9 Å². The standard InChI is InChI=1S/2C12H10N2O5/c2*1-2-14-7-4-9-8(18-5-19-9)3-6(7)11(15)10(13-14)12(16)17/h2*3-4H,2,5H2,1H3,(H,16,17). The predicted octanol–water partition coefficient (Wildman–Crippen LogP) is 1.69. The number of aromatic carboxylic acids is 2. The molecule has 4 aromatic rings. The van der Waals surface area contributed by atoms with E-state index in [0.717, 1.165) is 0 Å². The number of ether oxygens (including phenoxy) is 4. The number of fused-ring (bicyclic) bond motifs is 4. The van der Waals surface area contributed by atoms with Crippen molar-refractivity contribution < 1.29 is 38.7 Å². The molecule has 2 aliphatic rings. The van der Waals surface area contributed by atoms with Crippen LogP contribution in [0.15, 0.2) is 33.9 Å². The van der Waals surface area contributed by atoms with E-state index in [1.165, 1.54) is 21.5 Å². The number of hydrogen-bond acceptors (Lipinski definition) is 10. The number of carboxylic acids is 2. The second-order valence-electron chi connectivity index (χ2n) is 8.04. The fraction of sp³-hybridized carbons (Fsp3) is 0.250. The molecule has 2 N–H and O–H groups in total. The first-order valence-electron chi connectivity index (χ1n) is 11.4. The predicted molar refractivity (Wildman–Crippen MR) is 130 cm³/mol. The van der Waals surface area contributed by atoms with E-state index in [2.05, 4.69) is 10.2 Å². The fourth-order valence-electron chi connectivity index (χ4n) is 4.11. The molecule has 4 heterocycles. The van der Waals surface area contributed by atoms with Crippen LogP contribution in [-0.4, -0.2) is 55.3 Å². The molecule has 0 radical (unpaired) electrons. The summed E-state index contributed by atoms with van der Waals surface area (Å²) in [6, 6.07) is 6.28. The summed E-state index contributed by atoms with van der Waals surface area (Å²) in [5.41, 5.74) is -1.17. The third kappa shape index (κ3) is 4.01. The van der Waals surface area contributed by atoms with Crippen LogP contribution in [0.2, 0.25) is 0 Å². The van der Waals surface area contributed by atoms with Gasteiger partial charge >= 0.3 is 11.9 Å². The van der Waals surface area contributed by atoms with Gasteiger partial charge < -0.3 is 29.2 Å². The molecule has 0 bridgehead atoms. The first-order valence-corrected chi connectivity index (χ1v) is 11.4. The van der Waals surface area contributed by atoms with Gasteiger partial charge in [-0.3, -0.25) is 19.0 Å². The Morgan fingerprint density at radius 2 is 1.05 bits per heavy atom. The Labute approximate surface area is 212 Å². The third-order valence-corrected chi connectivity index (χ3v) is 5.90. The molecule has 196 valence electrons. The summed E-state index contributed by atoms with van der Waals surface area (Å²) in [6.45, 7) is 4.68. The number of rotatable bonds is 4. The zero-order valence-corrected chi connectivity index (χ0v) is 20.1. The Kier molecular flexibility index (Phi) is 6.06. The topological polar surface area (TPSA) is 181 Å². The summed E-state index contributed by atoms with van der Waals surface area (Å²) >= 11 is 0. The van der Waals surface area contributed by atoms with E-state index < -0.39 is 34.2 Å². The van der Waals surface area contributed by atoms with E-state index in [-0.39, 0.29) is 24.4 Å². The highest BCUT2D eigenvalue weighted by Gasteiger charge is 2.22. The van der Waals surface area contributed by atoms with Crippen molar-refractivity contribution in [2.75, 3.05) is 13.6 Å². The van der Waals surface area contributed by atoms with Crippen LogP contribution in [0.1, 0.15) is 34.8 Å². The maximum absolute atomic E-state index is 12.1. The van der Waals surface area contributed by atoms with Crippen LogP contribution in [0.4, 0.5) is 0 Å². The molecule has 0 spiro atoms. The molecule has 0 unspecified atom stereocenters. The molecular formula is C24H20N4O10. The summed E-state index contributed by atoms with van der Waals surface area (Å²) in [7, 11) is 0. The van der Waals surface area contributed by atoms with Crippen molar-refractivity contribution in [1.29, 1.82) is 0 Å². The molecule has 2 aromatic heterocycles. The van der Waals surface area contributed by atoms with Gasteiger partial charge in [-0.1, -0.05) is 0 Å². The third-order valence-electron chi connectivity index (χ3n) is 5.90. The zero-order valence-electron chi connectivity index (χ0n) is 20.1. The van der Waals surface area contributed by atoms with Gasteiger partial charge in [-0.05, 0) is 26.0 Å². The van der Waals surface area contributed by atoms with Crippen molar-refractivity contribution in [3.63, 3.8) is 0 Å². The largest absolute Gasteiger partial charge is 0.476 e. The number of aromatic nitrogens is 4. The van der Waals surface area contributed by atoms with Gasteiger partial charge in [-0.15, -0.1) is 0 Å². The first kappa shape index (κ1) is 24.5. The molecule has 0 saturated heterocycles. The highest BCUT2D eigenvalue weighted by atomic mass is 16.7. The molecule has 0 atom stereocenters. The summed E-state index contributed by atoms with van der Waals surface area (Å²) in [5, 5.41) is 26.2. The Morgan fingerprint density at radius 1 is 0.711 bits per heavy atom. The minimum Gasteiger partial charge on any atom is -0.476 e. The van der Waals surface area contributed by atoms with Crippen LogP contribution in [0, 0.1) is 0 Å². The van der Waals surface area contributed by atoms with Crippen molar-refractivity contribution in [1.82, 2.24) is 19.6 Å². The molecular weight excluding hydrogens is 504 g/mol. The average molecular weight is 524 g/mol. The van der Waals surface area contributed by atoms with Crippen molar-refractivity contribution in [3.8, 4) is 23.0 Å². The summed E-state index contributed by atoms with van der Waals surface area (Å²) in [4.78, 5) is 46.2. The van der Waals surface area contributed by atoms with Gasteiger partial charge in [-0.25, -0.2) is 9.59 Å². The summed E-state index contributed by atoms with van der Waals surface area (Å²) < 4.78 is 23.8. The second-order valence-corrected chi connectivity index (χ2v) is 8.04. The van der Waals surface area contributed by atoms with Crippen LogP contribution in [0.25, 0.3) is 21.8 Å². The van der Waals surface area contributed by atoms with E-state index in [4.69, 9.17) is 29.2 Å². The smallest absolute Gasteiger partial charge is 0.360 e. The molecule has 0 fully saturated rings. The second kappa shape index (κ2) is 9.38. The molecule has 0 amide bonds. The monoisotopic (exact) mass is 524 g/mol. The van der Waals surface area contributed by atoms with E-state index in [9.17, 15) is 19.2 Å². The molecule has 38 heavy (non-hydrogen) atoms. The molecule has 14 heteroatoms. The minimum atomic E-state index is -1.34. The Balaban J connectivity index is 0.000000155. The lowest BCUT2D eigenvalue weighted by Crippen LogP contribution is -2.22. The molecule has 0 aliphatic carbocycles. The maximum Gasteiger partial charge on any atom is 0.360 e. The minimum absolute atomic E-state index is 0.0885. The highest BCUT2D eigenvalue weighted by molar-refractivity contribution is 5.92. The van der Waals surface area contributed by atoms with Gasteiger partial charge in [0.25, 0.3) is 0 Å². The van der Waals surface area contributed by atoms with Crippen LogP contribution in [-0.2, 0) is 13.1 Å². The average Bonchev–Trinajstić information content (AvgIpc) is 3.56. The highest BCUT2D eigenvalue weighted by Crippen LogP contribution is 2.36. The fourth-order valence-corrected chi connectivity index (χ4v) is 4.11. The van der Waals surface area contributed by atoms with Crippen molar-refractivity contribution in [2.24, 2.45) is 0 Å². The quantitative estimate of drug-likeness (QED) is 0.395. The number of carboxylic acid groups (broad SMARTS) is 2. The Hall–Kier alpha value is -5.14.